The minimum atomic E-state index is -5.14. The van der Waals surface area contributed by atoms with Gasteiger partial charge in [0.15, 0.2) is 18.3 Å². The molecular weight excluding hydrogens is 1860 g/mol. The van der Waals surface area contributed by atoms with Crippen molar-refractivity contribution in [3.63, 3.8) is 0 Å². The summed E-state index contributed by atoms with van der Waals surface area (Å²) in [5.41, 5.74) is -4.30. The van der Waals surface area contributed by atoms with E-state index in [0.29, 0.717) is 95.9 Å². The van der Waals surface area contributed by atoms with Crippen LogP contribution in [0, 0.1) is 26.7 Å². The lowest BCUT2D eigenvalue weighted by Crippen LogP contribution is -2.36. The second kappa shape index (κ2) is 36.6. The molecule has 3 aliphatic heterocycles. The molecule has 6 aromatic carbocycles. The molecule has 4 aliphatic carbocycles. The lowest BCUT2D eigenvalue weighted by atomic mass is 9.70. The predicted molar refractivity (Wildman–Crippen MR) is 458 cm³/mol. The summed E-state index contributed by atoms with van der Waals surface area (Å²) in [6.07, 6.45) is -24.3. The Morgan fingerprint density at radius 3 is 1.30 bits per heavy atom. The average molecular weight is 1940 g/mol. The van der Waals surface area contributed by atoms with Crippen molar-refractivity contribution in [3.8, 4) is 61.9 Å². The van der Waals surface area contributed by atoms with E-state index in [4.69, 9.17) is 38.5 Å². The van der Waals surface area contributed by atoms with E-state index in [-0.39, 0.29) is 108 Å². The Hall–Kier alpha value is -13.3. The Bertz CT molecular complexity index is 6370. The van der Waals surface area contributed by atoms with Gasteiger partial charge in [-0.3, -0.25) is 24.5 Å². The van der Waals surface area contributed by atoms with Crippen LogP contribution < -0.4 is 14.2 Å². The van der Waals surface area contributed by atoms with Crippen LogP contribution in [-0.4, -0.2) is 113 Å². The summed E-state index contributed by atoms with van der Waals surface area (Å²) in [5.74, 6) is -7.05. The maximum absolute atomic E-state index is 14.6. The molecule has 730 valence electrons. The molecule has 138 heavy (non-hydrogen) atoms. The fraction of sp³-hybridized carbons (Fsp3) is 0.384. The van der Waals surface area contributed by atoms with Gasteiger partial charge in [-0.05, 0) is 239 Å². The van der Waals surface area contributed by atoms with Gasteiger partial charge in [-0.25, -0.2) is 42.9 Å². The number of carboxylic acids is 2. The lowest BCUT2D eigenvalue weighted by Gasteiger charge is -2.35. The van der Waals surface area contributed by atoms with E-state index in [1.54, 1.807) is 50.1 Å². The fourth-order valence-corrected chi connectivity index (χ4v) is 18.6. The van der Waals surface area contributed by atoms with E-state index in [0.717, 1.165) is 74.7 Å². The first-order valence-corrected chi connectivity index (χ1v) is 43.5. The third kappa shape index (κ3) is 20.2. The van der Waals surface area contributed by atoms with Gasteiger partial charge in [-0.2, -0.15) is 74.6 Å². The van der Waals surface area contributed by atoms with Crippen LogP contribution in [0.4, 0.5) is 97.8 Å². The minimum absolute atomic E-state index is 0.0260. The molecule has 7 fully saturated rings. The number of alkyl halides is 19. The van der Waals surface area contributed by atoms with Gasteiger partial charge in [0.1, 0.15) is 22.9 Å². The Balaban J connectivity index is 0.000000158. The summed E-state index contributed by atoms with van der Waals surface area (Å²) in [4.78, 5) is 83.6. The number of methoxy groups -OCH3 is 3. The third-order valence-corrected chi connectivity index (χ3v) is 26.2. The molecule has 0 unspecified atom stereocenters. The van der Waals surface area contributed by atoms with Crippen molar-refractivity contribution in [3.05, 3.63) is 264 Å². The normalized spacial score (nSPS) is 19.1. The zero-order valence-electron chi connectivity index (χ0n) is 75.0. The van der Waals surface area contributed by atoms with E-state index in [9.17, 15) is 112 Å². The van der Waals surface area contributed by atoms with Gasteiger partial charge in [-0.1, -0.05) is 61.4 Å². The van der Waals surface area contributed by atoms with E-state index in [1.165, 1.54) is 75.6 Å². The number of nitrogens with zero attached hydrogens (tertiary/aromatic N) is 7. The fourth-order valence-electron chi connectivity index (χ4n) is 18.6. The second-order valence-corrected chi connectivity index (χ2v) is 35.7. The van der Waals surface area contributed by atoms with Crippen LogP contribution >= 0.6 is 0 Å². The number of benzene rings is 6. The van der Waals surface area contributed by atoms with Crippen molar-refractivity contribution < 1.29 is 146 Å². The average Bonchev–Trinajstić information content (AvgIpc) is 1.56. The van der Waals surface area contributed by atoms with E-state index in [2.05, 4.69) is 34.0 Å². The molecule has 4 saturated carbocycles. The van der Waals surface area contributed by atoms with Crippen LogP contribution in [0.5, 0.6) is 17.4 Å². The molecule has 2 N–H and O–H groups in total. The number of aromatic carboxylic acids is 1. The number of cyclic esters (lactones) is 3. The Kier molecular flexibility index (Phi) is 26.3. The molecule has 3 spiro atoms. The first-order valence-electron chi connectivity index (χ1n) is 43.5. The highest BCUT2D eigenvalue weighted by Crippen LogP contribution is 2.62. The largest absolute Gasteiger partial charge is 0.496 e. The maximum Gasteiger partial charge on any atom is 0.433 e. The van der Waals surface area contributed by atoms with Gasteiger partial charge in [0.2, 0.25) is 5.88 Å². The van der Waals surface area contributed by atoms with Crippen molar-refractivity contribution in [2.75, 3.05) is 21.3 Å². The number of hydrogen-bond acceptors (Lipinski definition) is 15. The molecule has 3 saturated heterocycles. The number of ether oxygens (including phenoxy) is 6. The molecule has 10 aromatic rings. The third-order valence-electron chi connectivity index (χ3n) is 26.2. The summed E-state index contributed by atoms with van der Waals surface area (Å²) < 4.78 is 296. The summed E-state index contributed by atoms with van der Waals surface area (Å²) in [6.45, 7) is 7.60. The predicted octanol–water partition coefficient (Wildman–Crippen LogP) is 25.9. The van der Waals surface area contributed by atoms with Gasteiger partial charge < -0.3 is 38.6 Å². The second-order valence-electron chi connectivity index (χ2n) is 35.7. The molecule has 7 heterocycles. The molecule has 0 bridgehead atoms. The Morgan fingerprint density at radius 2 is 0.862 bits per heavy atom. The Labute approximate surface area is 776 Å². The quantitative estimate of drug-likeness (QED) is 0.0422. The van der Waals surface area contributed by atoms with Crippen LogP contribution in [0.1, 0.15) is 220 Å². The number of carbonyl (C=O) groups excluding carboxylic acids is 3. The lowest BCUT2D eigenvalue weighted by molar-refractivity contribution is -0.144. The first-order chi connectivity index (χ1) is 64.6. The Morgan fingerprint density at radius 1 is 0.435 bits per heavy atom. The van der Waals surface area contributed by atoms with Crippen LogP contribution in [0.15, 0.2) is 158 Å². The molecule has 0 radical (unpaired) electrons. The first kappa shape index (κ1) is 99.2. The SMILES string of the molecule is CCC1CC(c2ccc(OC)c(-c3ccc(C)nc3CN3C(=O)O[C@H](c4cc(C)cc(C(F)(F)F)c4)C34CC4)c2)C1.COc1ccc(CCC(=O)O)cc1-c1ccc(C(F)(F)F)nc1CN1C(=O)O[C@H](c2cc(C(C)(F)F)cc(C(F)(F)F)c2)C12CC2.COc1ncc(-c2ccc(C(=O)O)cc2C)cc1-c1ccc(C(C)(F)F)nc1CN1C(=O)O[C@H](c2cc(C(F)(F)F)cc(C(F)(F)F)c2)C12CC2. The monoisotopic (exact) mass is 1940 g/mol. The molecule has 39 heteroatoms. The number of hydrogen-bond donors (Lipinski definition) is 2. The van der Waals surface area contributed by atoms with Gasteiger partial charge in [0.05, 0.1) is 102 Å². The number of carboxylic acid groups (broad SMARTS) is 2. The molecule has 20 nitrogen and oxygen atoms in total. The number of amides is 3. The standard InChI is InChI=1S/C35H27F8N3O5.C33H35F3N2O3.C31H26F8N2O5/c1-17-10-18(30(47)48)4-5-23(17)20-13-25(29(50-3)44-15-20)24-6-7-27(32(2,36)37)45-26(24)16-46-31(49)51-28(33(46)8-9-33)19-11-21(34(38,39)40)14-22(12-19)35(41,42)43;1-5-21-14-23(15-21)22-7-9-29(40-4)27(17-22)26-8-6-20(3)37-28(26)18-38-31(39)41-30(32(38)10-11-32)24-12-19(2)13-25(16-24)33(34,35)36;1-28(32,33)18-12-17(13-19(14-18)30(34,35)36)26-29(9-10-29)41(27(44)46-26)15-22-20(5-7-24(40-22)31(37,38)39)21-11-16(4-8-25(42)43)3-6-23(21)45-2/h4-7,10-15,28H,8-9,16H2,1-3H3,(H,47,48);6-9,12-13,16-17,21,23,30H,5,10-11,14-15,18H2,1-4H3;3,5-7,11-14,26H,4,8-10,15H2,1-2H3,(H,42,43)/t28-;21?,23?,30-;26-/m111/s1. The number of aromatic nitrogens is 4. The number of rotatable bonds is 24. The summed E-state index contributed by atoms with van der Waals surface area (Å²) in [5, 5.41) is 18.5. The van der Waals surface area contributed by atoms with Crippen LogP contribution in [0.3, 0.4) is 0 Å². The summed E-state index contributed by atoms with van der Waals surface area (Å²) in [6, 6.07) is 31.9. The van der Waals surface area contributed by atoms with Gasteiger partial charge in [0, 0.05) is 76.7 Å². The number of pyridine rings is 4. The maximum atomic E-state index is 14.6. The van der Waals surface area contributed by atoms with Crippen molar-refractivity contribution in [1.82, 2.24) is 34.6 Å². The highest BCUT2D eigenvalue weighted by molar-refractivity contribution is 5.90. The molecule has 3 atom stereocenters. The van der Waals surface area contributed by atoms with Crippen molar-refractivity contribution in [2.45, 2.75) is 215 Å². The van der Waals surface area contributed by atoms with Crippen molar-refractivity contribution in [1.29, 1.82) is 0 Å². The van der Waals surface area contributed by atoms with Crippen LogP contribution in [0.25, 0.3) is 44.5 Å². The summed E-state index contributed by atoms with van der Waals surface area (Å²) in [7, 11) is 4.28. The van der Waals surface area contributed by atoms with Crippen LogP contribution in [-0.2, 0) is 87.8 Å². The molecule has 4 aromatic heterocycles. The zero-order valence-corrected chi connectivity index (χ0v) is 75.0. The van der Waals surface area contributed by atoms with Gasteiger partial charge in [-0.15, -0.1) is 0 Å². The smallest absolute Gasteiger partial charge is 0.433 e. The summed E-state index contributed by atoms with van der Waals surface area (Å²) >= 11 is 0. The van der Waals surface area contributed by atoms with E-state index < -0.39 is 166 Å². The highest BCUT2D eigenvalue weighted by Gasteiger charge is 2.67. The molecule has 7 aliphatic rings. The minimum Gasteiger partial charge on any atom is -0.496 e. The van der Waals surface area contributed by atoms with Crippen molar-refractivity contribution in [2.24, 2.45) is 5.92 Å². The van der Waals surface area contributed by atoms with Gasteiger partial charge in [0.25, 0.3) is 11.8 Å². The van der Waals surface area contributed by atoms with Gasteiger partial charge >= 0.3 is 61.1 Å². The number of aryl methyl sites for hydroxylation is 4. The molecule has 17 rings (SSSR count). The van der Waals surface area contributed by atoms with E-state index in [1.807, 2.05) is 25.1 Å². The number of carbonyl (C=O) groups is 5. The van der Waals surface area contributed by atoms with Crippen LogP contribution in [0.2, 0.25) is 0 Å². The van der Waals surface area contributed by atoms with E-state index >= 15 is 0 Å². The zero-order chi connectivity index (χ0) is 100. The molecular formula is C99H88F19N7O13. The molecule has 3 amide bonds. The topological polar surface area (TPSA) is 242 Å². The number of halogens is 19. The number of aliphatic carboxylic acids is 1. The highest BCUT2D eigenvalue weighted by atomic mass is 19.4. The van der Waals surface area contributed by atoms with Crippen molar-refractivity contribution >= 4 is 30.2 Å².